The molecule has 2 rings (SSSR count). The molecule has 1 amide bonds. The Bertz CT molecular complexity index is 596. The number of rotatable bonds is 5. The average Bonchev–Trinajstić information content (AvgIpc) is 2.82. The highest BCUT2D eigenvalue weighted by Crippen LogP contribution is 2.07. The van der Waals surface area contributed by atoms with E-state index in [2.05, 4.69) is 15.7 Å². The fourth-order valence-corrected chi connectivity index (χ4v) is 1.79. The number of benzene rings is 1. The molecule has 20 heavy (non-hydrogen) atoms. The van der Waals surface area contributed by atoms with Crippen LogP contribution in [0.5, 0.6) is 0 Å². The van der Waals surface area contributed by atoms with Crippen LogP contribution in [0, 0.1) is 5.82 Å². The topological polar surface area (TPSA) is 59.0 Å². The van der Waals surface area contributed by atoms with E-state index in [1.165, 1.54) is 6.07 Å². The summed E-state index contributed by atoms with van der Waals surface area (Å²) in [5.41, 5.74) is 1.23. The van der Waals surface area contributed by atoms with E-state index in [9.17, 15) is 9.18 Å². The first kappa shape index (κ1) is 14.0. The minimum Gasteiger partial charge on any atom is -0.371 e. The molecule has 0 spiro atoms. The fraction of sp³-hybridized carbons (Fsp3) is 0.286. The van der Waals surface area contributed by atoms with Crippen LogP contribution >= 0.6 is 0 Å². The highest BCUT2D eigenvalue weighted by molar-refractivity contribution is 5.84. The minimum atomic E-state index is -0.425. The van der Waals surface area contributed by atoms with Crippen molar-refractivity contribution >= 4 is 11.6 Å². The number of nitrogens with zero attached hydrogens (tertiary/aromatic N) is 2. The van der Waals surface area contributed by atoms with Crippen molar-refractivity contribution in [3.8, 4) is 0 Å². The summed E-state index contributed by atoms with van der Waals surface area (Å²) in [6.07, 6.45) is 3.42. The number of hydrogen-bond donors (Lipinski definition) is 2. The van der Waals surface area contributed by atoms with Gasteiger partial charge in [-0.2, -0.15) is 5.10 Å². The monoisotopic (exact) mass is 276 g/mol. The summed E-state index contributed by atoms with van der Waals surface area (Å²) in [5, 5.41) is 9.73. The molecule has 1 heterocycles. The molecular formula is C14H17FN4O. The molecule has 0 aliphatic heterocycles. The number of aryl methyl sites for hydroxylation is 1. The normalized spacial score (nSPS) is 11.9. The van der Waals surface area contributed by atoms with Gasteiger partial charge >= 0.3 is 0 Å². The van der Waals surface area contributed by atoms with E-state index in [1.54, 1.807) is 49.2 Å². The molecule has 0 fully saturated rings. The Kier molecular flexibility index (Phi) is 4.34. The summed E-state index contributed by atoms with van der Waals surface area (Å²) in [6, 6.07) is 5.95. The molecule has 0 aliphatic rings. The number of carbonyl (C=O) groups is 1. The van der Waals surface area contributed by atoms with E-state index in [0.717, 1.165) is 5.69 Å². The smallest absolute Gasteiger partial charge is 0.242 e. The third-order valence-corrected chi connectivity index (χ3v) is 2.89. The lowest BCUT2D eigenvalue weighted by molar-refractivity contribution is -0.121. The lowest BCUT2D eigenvalue weighted by Gasteiger charge is -2.14. The van der Waals surface area contributed by atoms with Crippen molar-refractivity contribution in [3.63, 3.8) is 0 Å². The van der Waals surface area contributed by atoms with E-state index in [4.69, 9.17) is 0 Å². The van der Waals surface area contributed by atoms with Crippen LogP contribution in [-0.2, 0) is 18.4 Å². The number of amides is 1. The Labute approximate surface area is 116 Å². The third kappa shape index (κ3) is 3.57. The van der Waals surface area contributed by atoms with Crippen LogP contribution in [0.25, 0.3) is 0 Å². The van der Waals surface area contributed by atoms with E-state index in [-0.39, 0.29) is 18.3 Å². The summed E-state index contributed by atoms with van der Waals surface area (Å²) in [4.78, 5) is 11.9. The highest BCUT2D eigenvalue weighted by atomic mass is 19.1. The van der Waals surface area contributed by atoms with Crippen molar-refractivity contribution < 1.29 is 9.18 Å². The van der Waals surface area contributed by atoms with Crippen LogP contribution in [0.15, 0.2) is 36.7 Å². The maximum atomic E-state index is 13.4. The molecule has 2 aromatic rings. The first-order chi connectivity index (χ1) is 9.56. The number of halogens is 1. The van der Waals surface area contributed by atoms with Gasteiger partial charge in [-0.3, -0.25) is 9.48 Å². The molecule has 0 saturated heterocycles. The Morgan fingerprint density at radius 2 is 2.20 bits per heavy atom. The largest absolute Gasteiger partial charge is 0.371 e. The molecular weight excluding hydrogens is 259 g/mol. The molecule has 0 radical (unpaired) electrons. The van der Waals surface area contributed by atoms with Crippen LogP contribution in [0.2, 0.25) is 0 Å². The van der Waals surface area contributed by atoms with Gasteiger partial charge in [0.25, 0.3) is 0 Å². The standard InChI is InChI=1S/C14H17FN4O/c1-10(18-12-8-17-19(2)9-12)14(20)16-7-11-5-3-4-6-13(11)15/h3-6,8-10,18H,7H2,1-2H3,(H,16,20). The SMILES string of the molecule is CC(Nc1cnn(C)c1)C(=O)NCc1ccccc1F. The summed E-state index contributed by atoms with van der Waals surface area (Å²) >= 11 is 0. The molecule has 1 unspecified atom stereocenters. The predicted octanol–water partition coefficient (Wildman–Crippen LogP) is 1.68. The molecule has 0 bridgehead atoms. The van der Waals surface area contributed by atoms with Crippen molar-refractivity contribution in [2.75, 3.05) is 5.32 Å². The summed E-state index contributed by atoms with van der Waals surface area (Å²) in [7, 11) is 1.80. The Hall–Kier alpha value is -2.37. The second kappa shape index (κ2) is 6.18. The average molecular weight is 276 g/mol. The Morgan fingerprint density at radius 3 is 2.85 bits per heavy atom. The minimum absolute atomic E-state index is 0.171. The predicted molar refractivity (Wildman–Crippen MR) is 74.5 cm³/mol. The molecule has 6 heteroatoms. The van der Waals surface area contributed by atoms with Crippen molar-refractivity contribution in [2.45, 2.75) is 19.5 Å². The van der Waals surface area contributed by atoms with Gasteiger partial charge in [-0.05, 0) is 13.0 Å². The van der Waals surface area contributed by atoms with E-state index in [0.29, 0.717) is 5.56 Å². The van der Waals surface area contributed by atoms with E-state index < -0.39 is 6.04 Å². The van der Waals surface area contributed by atoms with Gasteiger partial charge in [-0.25, -0.2) is 4.39 Å². The first-order valence-corrected chi connectivity index (χ1v) is 6.32. The van der Waals surface area contributed by atoms with Gasteiger partial charge in [0.2, 0.25) is 5.91 Å². The van der Waals surface area contributed by atoms with Crippen molar-refractivity contribution in [2.24, 2.45) is 7.05 Å². The molecule has 1 atom stereocenters. The van der Waals surface area contributed by atoms with Crippen LogP contribution in [0.4, 0.5) is 10.1 Å². The quantitative estimate of drug-likeness (QED) is 0.873. The fourth-order valence-electron chi connectivity index (χ4n) is 1.79. The second-order valence-electron chi connectivity index (χ2n) is 4.58. The molecule has 0 saturated carbocycles. The van der Waals surface area contributed by atoms with Crippen LogP contribution in [0.3, 0.4) is 0 Å². The zero-order valence-electron chi connectivity index (χ0n) is 11.4. The number of carbonyl (C=O) groups excluding carboxylic acids is 1. The molecule has 0 aliphatic carbocycles. The van der Waals surface area contributed by atoms with Gasteiger partial charge in [0, 0.05) is 25.4 Å². The van der Waals surface area contributed by atoms with Gasteiger partial charge < -0.3 is 10.6 Å². The highest BCUT2D eigenvalue weighted by Gasteiger charge is 2.13. The van der Waals surface area contributed by atoms with Crippen LogP contribution in [-0.4, -0.2) is 21.7 Å². The van der Waals surface area contributed by atoms with Gasteiger partial charge in [0.1, 0.15) is 11.9 Å². The maximum absolute atomic E-state index is 13.4. The molecule has 1 aromatic heterocycles. The first-order valence-electron chi connectivity index (χ1n) is 6.32. The van der Waals surface area contributed by atoms with Gasteiger partial charge in [-0.1, -0.05) is 18.2 Å². The summed E-state index contributed by atoms with van der Waals surface area (Å²) < 4.78 is 15.1. The second-order valence-corrected chi connectivity index (χ2v) is 4.58. The molecule has 2 N–H and O–H groups in total. The van der Waals surface area contributed by atoms with Gasteiger partial charge in [0.05, 0.1) is 11.9 Å². The van der Waals surface area contributed by atoms with Gasteiger partial charge in [-0.15, -0.1) is 0 Å². The lowest BCUT2D eigenvalue weighted by atomic mass is 10.2. The zero-order valence-corrected chi connectivity index (χ0v) is 11.4. The number of aromatic nitrogens is 2. The number of hydrogen-bond acceptors (Lipinski definition) is 3. The van der Waals surface area contributed by atoms with Crippen molar-refractivity contribution in [1.82, 2.24) is 15.1 Å². The summed E-state index contributed by atoms with van der Waals surface area (Å²) in [6.45, 7) is 1.91. The number of anilines is 1. The summed E-state index contributed by atoms with van der Waals surface area (Å²) in [5.74, 6) is -0.516. The molecule has 1 aromatic carbocycles. The van der Waals surface area contributed by atoms with Crippen molar-refractivity contribution in [3.05, 3.63) is 48.0 Å². The van der Waals surface area contributed by atoms with Gasteiger partial charge in [0.15, 0.2) is 0 Å². The molecule has 5 nitrogen and oxygen atoms in total. The maximum Gasteiger partial charge on any atom is 0.242 e. The Balaban J connectivity index is 1.87. The van der Waals surface area contributed by atoms with Crippen LogP contribution in [0.1, 0.15) is 12.5 Å². The van der Waals surface area contributed by atoms with Crippen LogP contribution < -0.4 is 10.6 Å². The van der Waals surface area contributed by atoms with E-state index >= 15 is 0 Å². The van der Waals surface area contributed by atoms with Crippen molar-refractivity contribution in [1.29, 1.82) is 0 Å². The number of nitrogens with one attached hydrogen (secondary N) is 2. The lowest BCUT2D eigenvalue weighted by Crippen LogP contribution is -2.37. The van der Waals surface area contributed by atoms with E-state index in [1.807, 2.05) is 0 Å². The third-order valence-electron chi connectivity index (χ3n) is 2.89. The Morgan fingerprint density at radius 1 is 1.45 bits per heavy atom. The molecule has 106 valence electrons. The zero-order chi connectivity index (χ0) is 14.5.